The molecule has 0 saturated heterocycles. The topological polar surface area (TPSA) is 35.2 Å². The van der Waals surface area contributed by atoms with E-state index in [0.29, 0.717) is 0 Å². The van der Waals surface area contributed by atoms with Gasteiger partial charge in [0.05, 0.1) is 12.5 Å². The van der Waals surface area contributed by atoms with E-state index in [-0.39, 0.29) is 33.9 Å². The molecule has 0 radical (unpaired) electrons. The van der Waals surface area contributed by atoms with Crippen molar-refractivity contribution < 1.29 is 34.3 Å². The maximum absolute atomic E-state index is 4.66. The van der Waals surface area contributed by atoms with Crippen molar-refractivity contribution in [3.63, 3.8) is 0 Å². The minimum absolute atomic E-state index is 0. The molecular formula is C5H8NNaOS2. The second-order valence-electron chi connectivity index (χ2n) is 0.788. The number of hydrogen-bond acceptors (Lipinski definition) is 3. The van der Waals surface area contributed by atoms with Gasteiger partial charge in [0.25, 0.3) is 0 Å². The Morgan fingerprint density at radius 2 is 1.70 bits per heavy atom. The van der Waals surface area contributed by atoms with Crippen molar-refractivity contribution in [1.29, 1.82) is 0 Å². The van der Waals surface area contributed by atoms with Crippen LogP contribution in [0.3, 0.4) is 0 Å². The second kappa shape index (κ2) is 16.2. The third-order valence-electron chi connectivity index (χ3n) is 0.192. The third-order valence-corrected chi connectivity index (χ3v) is 0.192. The van der Waals surface area contributed by atoms with Gasteiger partial charge in [-0.15, -0.1) is 0 Å². The zero-order valence-corrected chi connectivity index (χ0v) is 9.50. The zero-order valence-electron chi connectivity index (χ0n) is 5.87. The van der Waals surface area contributed by atoms with Gasteiger partial charge in [0.2, 0.25) is 0 Å². The van der Waals surface area contributed by atoms with Gasteiger partial charge in [-0.3, -0.25) is 0 Å². The first kappa shape index (κ1) is 16.8. The van der Waals surface area contributed by atoms with Crippen LogP contribution in [-0.4, -0.2) is 4.32 Å². The number of ether oxygens (including phenoxy) is 1. The van der Waals surface area contributed by atoms with E-state index in [1.54, 1.807) is 0 Å². The summed E-state index contributed by atoms with van der Waals surface area (Å²) in [5.74, 6) is 0. The van der Waals surface area contributed by atoms with Gasteiger partial charge < -0.3 is 35.3 Å². The summed E-state index contributed by atoms with van der Waals surface area (Å²) in [5, 5.41) is 0. The van der Waals surface area contributed by atoms with Gasteiger partial charge in [0.1, 0.15) is 0 Å². The van der Waals surface area contributed by atoms with Crippen molar-refractivity contribution in [1.82, 2.24) is 0 Å². The Morgan fingerprint density at radius 3 is 1.70 bits per heavy atom. The van der Waals surface area contributed by atoms with Crippen LogP contribution in [0.2, 0.25) is 0 Å². The molecule has 0 aromatic heterocycles. The second-order valence-corrected chi connectivity index (χ2v) is 1.93. The van der Waals surface area contributed by atoms with E-state index in [2.05, 4.69) is 48.5 Å². The summed E-state index contributed by atoms with van der Waals surface area (Å²) in [7, 11) is 0. The molecule has 2 N–H and O–H groups in total. The van der Waals surface area contributed by atoms with Gasteiger partial charge in [-0.25, -0.2) is 0 Å². The van der Waals surface area contributed by atoms with Crippen LogP contribution in [0.5, 0.6) is 0 Å². The van der Waals surface area contributed by atoms with Crippen LogP contribution in [0.25, 0.3) is 0 Å². The van der Waals surface area contributed by atoms with Crippen LogP contribution in [-0.2, 0) is 17.4 Å². The monoisotopic (exact) mass is 185 g/mol. The minimum Gasteiger partial charge on any atom is -0.474 e. The van der Waals surface area contributed by atoms with Crippen LogP contribution in [0.15, 0.2) is 25.7 Å². The Labute approximate surface area is 94.2 Å². The Morgan fingerprint density at radius 1 is 1.50 bits per heavy atom. The first-order valence-corrected chi connectivity index (χ1v) is 2.80. The van der Waals surface area contributed by atoms with Crippen LogP contribution in [0.1, 0.15) is 0 Å². The molecule has 0 fully saturated rings. The van der Waals surface area contributed by atoms with E-state index < -0.39 is 0 Å². The molecule has 0 heterocycles. The number of nitrogens with two attached hydrogens (primary N) is 1. The van der Waals surface area contributed by atoms with Gasteiger partial charge in [-0.2, -0.15) is 0 Å². The molecule has 0 aromatic carbocycles. The molecule has 0 unspecified atom stereocenters. The quantitative estimate of drug-likeness (QED) is 0.235. The summed E-state index contributed by atoms with van der Waals surface area (Å²) in [6.45, 7) is 6.51. The van der Waals surface area contributed by atoms with Crippen LogP contribution < -0.4 is 35.3 Å². The standard InChI is InChI=1S/C4H6O.CH3NS2.Na/c1-3-5-4-2;2-1(3)4;/h3-4H,1-2H2;(H3,2,3,4);/q;;+1/p-1. The van der Waals surface area contributed by atoms with Crippen LogP contribution in [0.4, 0.5) is 0 Å². The molecular weight excluding hydrogens is 177 g/mol. The summed E-state index contributed by atoms with van der Waals surface area (Å²) in [5.41, 5.74) is 4.66. The Bertz CT molecular complexity index is 97.8. The predicted octanol–water partition coefficient (Wildman–Crippen LogP) is -1.93. The molecule has 0 atom stereocenters. The normalized spacial score (nSPS) is 5.20. The molecule has 52 valence electrons. The van der Waals surface area contributed by atoms with Gasteiger partial charge in [-0.1, -0.05) is 17.5 Å². The van der Waals surface area contributed by atoms with E-state index in [1.807, 2.05) is 0 Å². The van der Waals surface area contributed by atoms with E-state index in [1.165, 1.54) is 12.5 Å². The molecule has 0 aliphatic rings. The molecule has 10 heavy (non-hydrogen) atoms. The minimum atomic E-state index is 0. The van der Waals surface area contributed by atoms with Gasteiger partial charge in [0, 0.05) is 0 Å². The number of rotatable bonds is 2. The van der Waals surface area contributed by atoms with E-state index >= 15 is 0 Å². The molecule has 0 rings (SSSR count). The van der Waals surface area contributed by atoms with Crippen LogP contribution in [0, 0.1) is 0 Å². The van der Waals surface area contributed by atoms with E-state index in [0.717, 1.165) is 0 Å². The fraction of sp³-hybridized carbons (Fsp3) is 0. The Balaban J connectivity index is -0.0000000910. The fourth-order valence-corrected chi connectivity index (χ4v) is 0.0680. The van der Waals surface area contributed by atoms with Crippen molar-refractivity contribution in [3.05, 3.63) is 25.7 Å². The van der Waals surface area contributed by atoms with Crippen molar-refractivity contribution in [2.75, 3.05) is 0 Å². The van der Waals surface area contributed by atoms with Crippen LogP contribution >= 0.6 is 12.2 Å². The first-order chi connectivity index (χ1) is 4.15. The predicted molar refractivity (Wildman–Crippen MR) is 45.6 cm³/mol. The molecule has 0 bridgehead atoms. The maximum Gasteiger partial charge on any atom is 1.00 e. The van der Waals surface area contributed by atoms with Crippen molar-refractivity contribution in [2.45, 2.75) is 0 Å². The van der Waals surface area contributed by atoms with Gasteiger partial charge >= 0.3 is 29.6 Å². The first-order valence-electron chi connectivity index (χ1n) is 1.98. The molecule has 0 aromatic rings. The van der Waals surface area contributed by atoms with E-state index in [9.17, 15) is 0 Å². The number of hydrogen-bond donors (Lipinski definition) is 1. The molecule has 0 aliphatic heterocycles. The van der Waals surface area contributed by atoms with Gasteiger partial charge in [0.15, 0.2) is 0 Å². The fourth-order valence-electron chi connectivity index (χ4n) is 0.0680. The van der Waals surface area contributed by atoms with Crippen molar-refractivity contribution >= 4 is 29.2 Å². The molecule has 0 saturated carbocycles. The average Bonchev–Trinajstić information content (AvgIpc) is 1.66. The zero-order chi connectivity index (χ0) is 7.70. The number of thiocarbonyl (C=S) groups is 1. The van der Waals surface area contributed by atoms with Crippen molar-refractivity contribution in [3.8, 4) is 0 Å². The summed E-state index contributed by atoms with van der Waals surface area (Å²) in [4.78, 5) is 0. The third kappa shape index (κ3) is 80.2. The largest absolute Gasteiger partial charge is 1.00 e. The van der Waals surface area contributed by atoms with E-state index in [4.69, 9.17) is 0 Å². The van der Waals surface area contributed by atoms with Gasteiger partial charge in [-0.05, 0) is 0 Å². The maximum atomic E-state index is 4.66. The summed E-state index contributed by atoms with van der Waals surface area (Å²) >= 11 is 8.26. The summed E-state index contributed by atoms with van der Waals surface area (Å²) < 4.78 is 4.44. The molecule has 2 nitrogen and oxygen atoms in total. The molecule has 0 aliphatic carbocycles. The Kier molecular flexibility index (Phi) is 27.2. The SMILES string of the molecule is C=COC=C.NC(=S)[S-].[Na+]. The Hall–Kier alpha value is 0.390. The average molecular weight is 185 g/mol. The molecule has 0 amide bonds. The summed E-state index contributed by atoms with van der Waals surface area (Å²) in [6, 6.07) is 0. The molecule has 0 spiro atoms. The van der Waals surface area contributed by atoms with Crippen molar-refractivity contribution in [2.24, 2.45) is 5.73 Å². The molecule has 5 heteroatoms. The smallest absolute Gasteiger partial charge is 0.474 e. The summed E-state index contributed by atoms with van der Waals surface area (Å²) in [6.07, 6.45) is 2.62.